The number of nitrogens with one attached hydrogen (secondary N) is 2. The summed E-state index contributed by atoms with van der Waals surface area (Å²) in [6, 6.07) is 14.8. The quantitative estimate of drug-likeness (QED) is 0.683. The van der Waals surface area contributed by atoms with Crippen LogP contribution in [0.2, 0.25) is 0 Å². The highest BCUT2D eigenvalue weighted by Crippen LogP contribution is 2.26. The van der Waals surface area contributed by atoms with Gasteiger partial charge in [0.1, 0.15) is 11.6 Å². The van der Waals surface area contributed by atoms with Crippen LogP contribution in [0, 0.1) is 0 Å². The Labute approximate surface area is 158 Å². The van der Waals surface area contributed by atoms with Gasteiger partial charge in [0.2, 0.25) is 0 Å². The lowest BCUT2D eigenvalue weighted by molar-refractivity contribution is -0.114. The first-order chi connectivity index (χ1) is 13.1. The van der Waals surface area contributed by atoms with Gasteiger partial charge in [-0.3, -0.25) is 14.6 Å². The summed E-state index contributed by atoms with van der Waals surface area (Å²) in [5, 5.41) is 4.68. The lowest BCUT2D eigenvalue weighted by atomic mass is 10.1. The summed E-state index contributed by atoms with van der Waals surface area (Å²) in [5.41, 5.74) is 1.19. The number of nitrogens with zero attached hydrogens (tertiary/aromatic N) is 1. The van der Waals surface area contributed by atoms with E-state index in [1.165, 1.54) is 0 Å². The van der Waals surface area contributed by atoms with Gasteiger partial charge in [-0.15, -0.1) is 0 Å². The highest BCUT2D eigenvalue weighted by molar-refractivity contribution is 7.10. The molecule has 27 heavy (non-hydrogen) atoms. The van der Waals surface area contributed by atoms with Crippen molar-refractivity contribution in [2.45, 2.75) is 0 Å². The fourth-order valence-electron chi connectivity index (χ4n) is 2.74. The number of hydrogen-bond acceptors (Lipinski definition) is 5. The zero-order chi connectivity index (χ0) is 18.8. The minimum atomic E-state index is -0.332. The summed E-state index contributed by atoms with van der Waals surface area (Å²) in [5.74, 6) is 0.886. The van der Waals surface area contributed by atoms with E-state index in [1.807, 2.05) is 42.5 Å². The van der Waals surface area contributed by atoms with Gasteiger partial charge in [-0.25, -0.2) is 4.99 Å². The van der Waals surface area contributed by atoms with Crippen molar-refractivity contribution in [2.75, 3.05) is 12.4 Å². The van der Waals surface area contributed by atoms with Gasteiger partial charge in [-0.05, 0) is 30.4 Å². The molecule has 4 rings (SSSR count). The van der Waals surface area contributed by atoms with Crippen molar-refractivity contribution >= 4 is 40.9 Å². The van der Waals surface area contributed by atoms with Crippen LogP contribution in [0.1, 0.15) is 4.88 Å². The molecule has 0 fully saturated rings. The summed E-state index contributed by atoms with van der Waals surface area (Å²) in [6.07, 6.45) is 3.46. The first-order valence-electron chi connectivity index (χ1n) is 8.18. The van der Waals surface area contributed by atoms with Crippen LogP contribution in [0.25, 0.3) is 12.2 Å². The van der Waals surface area contributed by atoms with E-state index in [0.717, 1.165) is 22.2 Å². The lowest BCUT2D eigenvalue weighted by Crippen LogP contribution is -2.29. The Bertz CT molecular complexity index is 1240. The molecule has 0 unspecified atom stereocenters. The largest absolute Gasteiger partial charge is 0.497 e. The molecule has 3 aromatic rings. The van der Waals surface area contributed by atoms with E-state index in [1.54, 1.807) is 25.3 Å². The molecule has 0 radical (unpaired) electrons. The van der Waals surface area contributed by atoms with Gasteiger partial charge in [-0.1, -0.05) is 35.6 Å². The predicted molar refractivity (Wildman–Crippen MR) is 106 cm³/mol. The van der Waals surface area contributed by atoms with E-state index in [2.05, 4.69) is 15.3 Å². The minimum absolute atomic E-state index is 0.215. The summed E-state index contributed by atoms with van der Waals surface area (Å²) in [6.45, 7) is 0. The number of thiazole rings is 1. The number of fused-ring (bicyclic) bond motifs is 1. The highest BCUT2D eigenvalue weighted by Gasteiger charge is 2.13. The number of amides is 1. The molecule has 7 heteroatoms. The Kier molecular flexibility index (Phi) is 4.43. The molecule has 1 amide bonds. The second-order valence-corrected chi connectivity index (χ2v) is 6.85. The van der Waals surface area contributed by atoms with Gasteiger partial charge in [0.15, 0.2) is 0 Å². The van der Waals surface area contributed by atoms with Gasteiger partial charge >= 0.3 is 4.87 Å². The van der Waals surface area contributed by atoms with Crippen molar-refractivity contribution in [2.24, 2.45) is 4.99 Å². The molecule has 6 nitrogen and oxygen atoms in total. The topological polar surface area (TPSA) is 83.5 Å². The third-order valence-electron chi connectivity index (χ3n) is 4.02. The fourth-order valence-corrected chi connectivity index (χ4v) is 3.48. The monoisotopic (exact) mass is 377 g/mol. The van der Waals surface area contributed by atoms with Gasteiger partial charge in [-0.2, -0.15) is 0 Å². The minimum Gasteiger partial charge on any atom is -0.497 e. The lowest BCUT2D eigenvalue weighted by Gasteiger charge is -2.08. The molecule has 0 atom stereocenters. The first kappa shape index (κ1) is 17.0. The van der Waals surface area contributed by atoms with Crippen LogP contribution in [0.5, 0.6) is 5.75 Å². The number of aromatic nitrogens is 1. The summed E-state index contributed by atoms with van der Waals surface area (Å²) in [4.78, 5) is 31.5. The number of benzene rings is 2. The van der Waals surface area contributed by atoms with Gasteiger partial charge < -0.3 is 10.1 Å². The van der Waals surface area contributed by atoms with Crippen LogP contribution in [0.3, 0.4) is 0 Å². The van der Waals surface area contributed by atoms with Crippen LogP contribution < -0.4 is 25.5 Å². The van der Waals surface area contributed by atoms with Gasteiger partial charge in [0, 0.05) is 22.5 Å². The van der Waals surface area contributed by atoms with Gasteiger partial charge in [0.05, 0.1) is 17.3 Å². The standard InChI is InChI=1S/C20H15N3O3S/c1-26-15-7-4-6-14(11-15)21-18-17(27-20(25)23-18)10-13-9-12-5-2-3-8-16(12)22-19(13)24/h2-11,21H,1H3,(H,23,25). The number of carbonyl (C=O) groups excluding carboxylic acids is 1. The molecule has 1 aliphatic rings. The van der Waals surface area contributed by atoms with E-state index < -0.39 is 0 Å². The average Bonchev–Trinajstić information content (AvgIpc) is 3.01. The van der Waals surface area contributed by atoms with Crippen molar-refractivity contribution in [3.05, 3.63) is 79.2 Å². The molecule has 2 N–H and O–H groups in total. The molecule has 2 heterocycles. The maximum atomic E-state index is 12.3. The molecule has 0 spiro atoms. The van der Waals surface area contributed by atoms with Crippen LogP contribution in [-0.2, 0) is 4.79 Å². The molecule has 1 aromatic heterocycles. The predicted octanol–water partition coefficient (Wildman–Crippen LogP) is 2.21. The molecule has 134 valence electrons. The third-order valence-corrected chi connectivity index (χ3v) is 4.85. The Morgan fingerprint density at radius 2 is 2.00 bits per heavy atom. The fraction of sp³-hybridized carbons (Fsp3) is 0.0500. The summed E-state index contributed by atoms with van der Waals surface area (Å²) < 4.78 is 5.21. The number of hydrogen-bond donors (Lipinski definition) is 2. The Hall–Kier alpha value is -3.45. The zero-order valence-electron chi connectivity index (χ0n) is 14.4. The number of para-hydroxylation sites is 1. The molecular formula is C20H15N3O3S. The number of ether oxygens (including phenoxy) is 1. The van der Waals surface area contributed by atoms with E-state index >= 15 is 0 Å². The Morgan fingerprint density at radius 1 is 1.15 bits per heavy atom. The highest BCUT2D eigenvalue weighted by atomic mass is 32.1. The average molecular weight is 377 g/mol. The zero-order valence-corrected chi connectivity index (χ0v) is 15.2. The van der Waals surface area contributed by atoms with Crippen molar-refractivity contribution in [3.8, 4) is 5.75 Å². The molecule has 0 saturated heterocycles. The molecule has 1 aliphatic heterocycles. The van der Waals surface area contributed by atoms with Crippen LogP contribution in [-0.4, -0.2) is 18.0 Å². The first-order valence-corrected chi connectivity index (χ1v) is 9.00. The maximum Gasteiger partial charge on any atom is 0.306 e. The van der Waals surface area contributed by atoms with E-state index in [9.17, 15) is 9.59 Å². The maximum absolute atomic E-state index is 12.3. The Balaban J connectivity index is 1.73. The number of aromatic amines is 1. The number of methoxy groups -OCH3 is 1. The van der Waals surface area contributed by atoms with Crippen molar-refractivity contribution in [1.82, 2.24) is 4.98 Å². The molecule has 0 bridgehead atoms. The van der Waals surface area contributed by atoms with Crippen LogP contribution >= 0.6 is 11.3 Å². The molecule has 2 aromatic carbocycles. The third kappa shape index (κ3) is 3.58. The van der Waals surface area contributed by atoms with E-state index in [-0.39, 0.29) is 10.8 Å². The second kappa shape index (κ2) is 7.05. The van der Waals surface area contributed by atoms with E-state index in [4.69, 9.17) is 4.74 Å². The molecule has 0 saturated carbocycles. The van der Waals surface area contributed by atoms with Crippen molar-refractivity contribution < 1.29 is 9.53 Å². The SMILES string of the molecule is COc1cccc(Nc2[nH]c(=O)sc2C=C2C=c3ccccc3=NC2=O)c1. The van der Waals surface area contributed by atoms with Crippen LogP contribution in [0.15, 0.2) is 63.9 Å². The van der Waals surface area contributed by atoms with Crippen molar-refractivity contribution in [3.63, 3.8) is 0 Å². The Morgan fingerprint density at radius 3 is 2.85 bits per heavy atom. The normalized spacial score (nSPS) is 14.3. The van der Waals surface area contributed by atoms with Crippen LogP contribution in [0.4, 0.5) is 11.5 Å². The smallest absolute Gasteiger partial charge is 0.306 e. The van der Waals surface area contributed by atoms with Crippen molar-refractivity contribution in [1.29, 1.82) is 0 Å². The number of anilines is 2. The number of carbonyl (C=O) groups is 1. The number of rotatable bonds is 4. The number of H-pyrrole nitrogens is 1. The van der Waals surface area contributed by atoms with E-state index in [0.29, 0.717) is 27.4 Å². The molecule has 0 aliphatic carbocycles. The summed E-state index contributed by atoms with van der Waals surface area (Å²) in [7, 11) is 1.59. The molecular weight excluding hydrogens is 362 g/mol. The second-order valence-electron chi connectivity index (χ2n) is 5.83. The van der Waals surface area contributed by atoms with Gasteiger partial charge in [0.25, 0.3) is 5.91 Å². The summed E-state index contributed by atoms with van der Waals surface area (Å²) >= 11 is 1.03.